The lowest BCUT2D eigenvalue weighted by atomic mass is 9.78. The highest BCUT2D eigenvalue weighted by Gasteiger charge is 2.63. The van der Waals surface area contributed by atoms with Gasteiger partial charge in [-0.2, -0.15) is 0 Å². The molecule has 0 radical (unpaired) electrons. The summed E-state index contributed by atoms with van der Waals surface area (Å²) in [6, 6.07) is 0. The standard InChI is InChI=1S/C26H42O6/c1-15(2)10-12-18-22(29)21(19(27)14-17(5)6)23(30)26(18,20(28)13-11-16(3)4)32-24(31)25(7,8)9/h15-18,30H,10-14H2,1-9H3/t18-,26+/m0/s1. The van der Waals surface area contributed by atoms with Crippen LogP contribution in [-0.2, 0) is 23.9 Å². The summed E-state index contributed by atoms with van der Waals surface area (Å²) in [4.78, 5) is 52.9. The molecule has 0 aromatic heterocycles. The Morgan fingerprint density at radius 3 is 1.94 bits per heavy atom. The van der Waals surface area contributed by atoms with Gasteiger partial charge < -0.3 is 9.84 Å². The molecule has 0 aromatic rings. The zero-order valence-corrected chi connectivity index (χ0v) is 21.3. The topological polar surface area (TPSA) is 97.7 Å². The molecule has 1 N–H and O–H groups in total. The van der Waals surface area contributed by atoms with E-state index in [1.165, 1.54) is 0 Å². The monoisotopic (exact) mass is 450 g/mol. The van der Waals surface area contributed by atoms with E-state index in [0.717, 1.165) is 0 Å². The molecule has 0 amide bonds. The minimum atomic E-state index is -2.13. The van der Waals surface area contributed by atoms with Crippen LogP contribution >= 0.6 is 0 Å². The number of Topliss-reactive ketones (excluding diaryl/α,β-unsaturated/α-hetero) is 3. The van der Waals surface area contributed by atoms with Gasteiger partial charge in [0.1, 0.15) is 5.57 Å². The third-order valence-corrected chi connectivity index (χ3v) is 5.78. The number of aliphatic hydroxyl groups excluding tert-OH is 1. The molecule has 0 spiro atoms. The third-order valence-electron chi connectivity index (χ3n) is 5.78. The van der Waals surface area contributed by atoms with Crippen molar-refractivity contribution in [2.24, 2.45) is 29.1 Å². The van der Waals surface area contributed by atoms with E-state index in [-0.39, 0.29) is 42.6 Å². The molecule has 1 rings (SSSR count). The number of rotatable bonds is 11. The van der Waals surface area contributed by atoms with E-state index in [4.69, 9.17) is 4.74 Å². The highest BCUT2D eigenvalue weighted by atomic mass is 16.6. The molecule has 182 valence electrons. The summed E-state index contributed by atoms with van der Waals surface area (Å²) < 4.78 is 5.80. The Hall–Kier alpha value is -1.98. The van der Waals surface area contributed by atoms with Crippen molar-refractivity contribution < 1.29 is 29.0 Å². The number of ketones is 3. The summed E-state index contributed by atoms with van der Waals surface area (Å²) >= 11 is 0. The van der Waals surface area contributed by atoms with Crippen molar-refractivity contribution in [2.75, 3.05) is 0 Å². The molecule has 0 unspecified atom stereocenters. The molecule has 1 aliphatic carbocycles. The van der Waals surface area contributed by atoms with E-state index < -0.39 is 46.0 Å². The first-order valence-electron chi connectivity index (χ1n) is 11.8. The highest BCUT2D eigenvalue weighted by molar-refractivity contribution is 6.26. The van der Waals surface area contributed by atoms with E-state index in [2.05, 4.69) is 0 Å². The number of esters is 1. The van der Waals surface area contributed by atoms with Crippen LogP contribution in [0.2, 0.25) is 0 Å². The van der Waals surface area contributed by atoms with Crippen molar-refractivity contribution in [2.45, 2.75) is 100 Å². The van der Waals surface area contributed by atoms with Gasteiger partial charge in [0.2, 0.25) is 5.60 Å². The summed E-state index contributed by atoms with van der Waals surface area (Å²) in [5.41, 5.74) is -3.46. The van der Waals surface area contributed by atoms with E-state index in [0.29, 0.717) is 12.8 Å². The Kier molecular flexibility index (Phi) is 9.43. The van der Waals surface area contributed by atoms with Crippen molar-refractivity contribution in [1.82, 2.24) is 0 Å². The summed E-state index contributed by atoms with van der Waals surface area (Å²) in [7, 11) is 0. The lowest BCUT2D eigenvalue weighted by Gasteiger charge is -2.35. The Balaban J connectivity index is 3.70. The second-order valence-corrected chi connectivity index (χ2v) is 11.4. The van der Waals surface area contributed by atoms with Crippen molar-refractivity contribution in [3.8, 4) is 0 Å². The predicted molar refractivity (Wildman–Crippen MR) is 124 cm³/mol. The van der Waals surface area contributed by atoms with Crippen molar-refractivity contribution >= 4 is 23.3 Å². The van der Waals surface area contributed by atoms with Crippen LogP contribution in [0.1, 0.15) is 94.4 Å². The molecule has 0 saturated heterocycles. The molecular formula is C26H42O6. The molecule has 2 atom stereocenters. The second-order valence-electron chi connectivity index (χ2n) is 11.4. The maximum Gasteiger partial charge on any atom is 0.312 e. The van der Waals surface area contributed by atoms with Crippen LogP contribution in [0.15, 0.2) is 11.3 Å². The predicted octanol–water partition coefficient (Wildman–Crippen LogP) is 5.38. The van der Waals surface area contributed by atoms with Crippen LogP contribution in [0, 0.1) is 29.1 Å². The number of carbonyl (C=O) groups is 4. The molecule has 0 bridgehead atoms. The van der Waals surface area contributed by atoms with Gasteiger partial charge in [0.25, 0.3) is 0 Å². The van der Waals surface area contributed by atoms with Crippen LogP contribution in [0.3, 0.4) is 0 Å². The minimum Gasteiger partial charge on any atom is -0.507 e. The Morgan fingerprint density at radius 1 is 0.969 bits per heavy atom. The van der Waals surface area contributed by atoms with Gasteiger partial charge in [-0.15, -0.1) is 0 Å². The van der Waals surface area contributed by atoms with Crippen LogP contribution in [0.5, 0.6) is 0 Å². The zero-order chi connectivity index (χ0) is 25.0. The quantitative estimate of drug-likeness (QED) is 0.335. The van der Waals surface area contributed by atoms with Gasteiger partial charge in [-0.1, -0.05) is 48.0 Å². The molecule has 0 heterocycles. The summed E-state index contributed by atoms with van der Waals surface area (Å²) in [5.74, 6) is -3.69. The third kappa shape index (κ3) is 6.29. The molecule has 0 aromatic carbocycles. The smallest absolute Gasteiger partial charge is 0.312 e. The zero-order valence-electron chi connectivity index (χ0n) is 21.3. The molecule has 1 aliphatic rings. The van der Waals surface area contributed by atoms with Gasteiger partial charge in [0.15, 0.2) is 23.1 Å². The number of ether oxygens (including phenoxy) is 1. The number of carbonyl (C=O) groups excluding carboxylic acids is 4. The number of hydrogen-bond donors (Lipinski definition) is 1. The largest absolute Gasteiger partial charge is 0.507 e. The van der Waals surface area contributed by atoms with Gasteiger partial charge >= 0.3 is 5.97 Å². The van der Waals surface area contributed by atoms with Crippen molar-refractivity contribution in [3.63, 3.8) is 0 Å². The van der Waals surface area contributed by atoms with Gasteiger partial charge in [-0.3, -0.25) is 19.2 Å². The Labute approximate surface area is 193 Å². The SMILES string of the molecule is CC(C)CCC(=O)[C@@]1(OC(=O)C(C)(C)C)C(O)=C(C(=O)CC(C)C)C(=O)[C@@H]1CCC(C)C. The van der Waals surface area contributed by atoms with Crippen LogP contribution in [0.4, 0.5) is 0 Å². The molecule has 0 aliphatic heterocycles. The molecule has 6 heteroatoms. The molecule has 6 nitrogen and oxygen atoms in total. The first-order chi connectivity index (χ1) is 14.6. The molecule has 0 fully saturated rings. The van der Waals surface area contributed by atoms with Gasteiger partial charge in [-0.25, -0.2) is 0 Å². The van der Waals surface area contributed by atoms with Crippen LogP contribution in [0.25, 0.3) is 0 Å². The number of aliphatic hydroxyl groups is 1. The molecule has 0 saturated carbocycles. The summed E-state index contributed by atoms with van der Waals surface area (Å²) in [5, 5.41) is 11.3. The fourth-order valence-electron chi connectivity index (χ4n) is 3.81. The van der Waals surface area contributed by atoms with E-state index in [1.807, 2.05) is 41.5 Å². The molecular weight excluding hydrogens is 408 g/mol. The fraction of sp³-hybridized carbons (Fsp3) is 0.769. The van der Waals surface area contributed by atoms with E-state index in [9.17, 15) is 24.3 Å². The maximum atomic E-state index is 13.6. The summed E-state index contributed by atoms with van der Waals surface area (Å²) in [6.07, 6.45) is 1.44. The summed E-state index contributed by atoms with van der Waals surface area (Å²) in [6.45, 7) is 16.5. The highest BCUT2D eigenvalue weighted by Crippen LogP contribution is 2.46. The van der Waals surface area contributed by atoms with Gasteiger partial charge in [-0.05, 0) is 51.4 Å². The fourth-order valence-corrected chi connectivity index (χ4v) is 3.81. The normalized spacial score (nSPS) is 21.8. The first kappa shape index (κ1) is 28.1. The maximum absolute atomic E-state index is 13.6. The van der Waals surface area contributed by atoms with Crippen LogP contribution in [-0.4, -0.2) is 34.0 Å². The lowest BCUT2D eigenvalue weighted by molar-refractivity contribution is -0.179. The van der Waals surface area contributed by atoms with E-state index >= 15 is 0 Å². The average molecular weight is 451 g/mol. The van der Waals surface area contributed by atoms with Crippen molar-refractivity contribution in [3.05, 3.63) is 11.3 Å². The van der Waals surface area contributed by atoms with Crippen LogP contribution < -0.4 is 0 Å². The number of allylic oxidation sites excluding steroid dienone is 1. The van der Waals surface area contributed by atoms with Gasteiger partial charge in [0.05, 0.1) is 11.3 Å². The number of hydrogen-bond acceptors (Lipinski definition) is 6. The van der Waals surface area contributed by atoms with Gasteiger partial charge in [0, 0.05) is 12.8 Å². The second kappa shape index (κ2) is 10.8. The Bertz CT molecular complexity index is 766. The Morgan fingerprint density at radius 2 is 1.50 bits per heavy atom. The first-order valence-corrected chi connectivity index (χ1v) is 11.8. The average Bonchev–Trinajstić information content (AvgIpc) is 2.83. The molecule has 32 heavy (non-hydrogen) atoms. The lowest BCUT2D eigenvalue weighted by Crippen LogP contribution is -2.52. The van der Waals surface area contributed by atoms with Crippen molar-refractivity contribution in [1.29, 1.82) is 0 Å². The minimum absolute atomic E-state index is 0.0338. The van der Waals surface area contributed by atoms with E-state index in [1.54, 1.807) is 20.8 Å².